The van der Waals surface area contributed by atoms with Crippen LogP contribution < -0.4 is 17.1 Å². The Labute approximate surface area is 193 Å². The summed E-state index contributed by atoms with van der Waals surface area (Å²) in [6.45, 7) is 17.6. The predicted molar refractivity (Wildman–Crippen MR) is 130 cm³/mol. The van der Waals surface area contributed by atoms with Gasteiger partial charge in [0, 0.05) is 0 Å². The van der Waals surface area contributed by atoms with E-state index in [1.165, 1.54) is 0 Å². The highest BCUT2D eigenvalue weighted by Gasteiger charge is 2.36. The lowest BCUT2D eigenvalue weighted by atomic mass is 9.86. The molecule has 0 aliphatic heterocycles. The molecule has 0 aliphatic rings. The number of methoxy groups -OCH3 is 2. The van der Waals surface area contributed by atoms with E-state index in [1.54, 1.807) is 14.2 Å². The van der Waals surface area contributed by atoms with E-state index in [-0.39, 0.29) is 10.8 Å². The van der Waals surface area contributed by atoms with Crippen LogP contribution in [0.3, 0.4) is 0 Å². The van der Waals surface area contributed by atoms with Gasteiger partial charge in [-0.1, -0.05) is 61.3 Å². The average molecular weight is 443 g/mol. The zero-order chi connectivity index (χ0) is 23.4. The summed E-state index contributed by atoms with van der Waals surface area (Å²) in [6.07, 6.45) is 0. The third kappa shape index (κ3) is 7.09. The van der Waals surface area contributed by atoms with E-state index in [4.69, 9.17) is 17.1 Å². The Bertz CT molecular complexity index is 795. The van der Waals surface area contributed by atoms with Gasteiger partial charge < -0.3 is 17.1 Å². The van der Waals surface area contributed by atoms with Crippen LogP contribution >= 0.6 is 0 Å². The molecule has 0 unspecified atom stereocenters. The van der Waals surface area contributed by atoms with E-state index in [0.29, 0.717) is 5.92 Å². The minimum atomic E-state index is -2.08. The maximum atomic E-state index is 6.64. The van der Waals surface area contributed by atoms with Crippen molar-refractivity contribution < 1.29 is 17.1 Å². The molecule has 0 saturated heterocycles. The van der Waals surface area contributed by atoms with Crippen LogP contribution in [0.2, 0.25) is 5.28 Å². The molecule has 5 heteroatoms. The maximum absolute atomic E-state index is 6.64. The first kappa shape index (κ1) is 25.4. The van der Waals surface area contributed by atoms with Crippen molar-refractivity contribution in [2.24, 2.45) is 5.92 Å². The van der Waals surface area contributed by atoms with Crippen molar-refractivity contribution in [3.63, 3.8) is 0 Å². The molecule has 0 spiro atoms. The standard InChI is InChI=1S/2C11H16O2.C4H9.Al/c2*1-11(2,3)9-7-8(13-4)5-6-10(9)12;1-4(2)3;/h2*5-7,12H,1-4H3;4H,1H2,2-3H3;/q;;;+2/p-2. The maximum Gasteiger partial charge on any atom is 0.857 e. The Morgan fingerprint density at radius 3 is 1.39 bits per heavy atom. The summed E-state index contributed by atoms with van der Waals surface area (Å²) in [5, 5.41) is 0.908. The van der Waals surface area contributed by atoms with Gasteiger partial charge in [0.1, 0.15) is 11.5 Å². The van der Waals surface area contributed by atoms with Crippen LogP contribution in [0.4, 0.5) is 0 Å². The van der Waals surface area contributed by atoms with Crippen LogP contribution in [-0.4, -0.2) is 29.0 Å². The normalized spacial score (nSPS) is 12.0. The Morgan fingerprint density at radius 1 is 0.710 bits per heavy atom. The fourth-order valence-electron chi connectivity index (χ4n) is 3.44. The van der Waals surface area contributed by atoms with Gasteiger partial charge in [0.2, 0.25) is 0 Å². The van der Waals surface area contributed by atoms with Gasteiger partial charge in [0.25, 0.3) is 0 Å². The van der Waals surface area contributed by atoms with Gasteiger partial charge >= 0.3 is 14.8 Å². The SMILES string of the molecule is COc1ccc([O][Al]([CH2]C(C)C)[O]c2ccc(OC)cc2C(C)(C)C)c(C(C)(C)C)c1. The second-order valence-corrected chi connectivity index (χ2v) is 12.3. The molecule has 0 heterocycles. The van der Waals surface area contributed by atoms with Crippen LogP contribution in [0.1, 0.15) is 66.5 Å². The smallest absolute Gasteiger partial charge is 0.612 e. The van der Waals surface area contributed by atoms with Crippen molar-refractivity contribution in [2.45, 2.75) is 71.5 Å². The summed E-state index contributed by atoms with van der Waals surface area (Å²) < 4.78 is 24.2. The summed E-state index contributed by atoms with van der Waals surface area (Å²) in [5.41, 5.74) is 2.11. The first-order valence-corrected chi connectivity index (χ1v) is 12.8. The van der Waals surface area contributed by atoms with Gasteiger partial charge in [-0.3, -0.25) is 0 Å². The summed E-state index contributed by atoms with van der Waals surface area (Å²) in [5.74, 6) is 3.92. The van der Waals surface area contributed by atoms with Gasteiger partial charge in [-0.25, -0.2) is 0 Å². The highest BCUT2D eigenvalue weighted by molar-refractivity contribution is 6.46. The molecule has 0 N–H and O–H groups in total. The van der Waals surface area contributed by atoms with Gasteiger partial charge in [0.15, 0.2) is 0 Å². The predicted octanol–water partition coefficient (Wildman–Crippen LogP) is 6.90. The van der Waals surface area contributed by atoms with Crippen molar-refractivity contribution in [3.8, 4) is 23.0 Å². The molecule has 0 saturated carbocycles. The third-order valence-electron chi connectivity index (χ3n) is 5.17. The fraction of sp³-hybridized carbons (Fsp3) is 0.538. The number of hydrogen-bond acceptors (Lipinski definition) is 4. The summed E-state index contributed by atoms with van der Waals surface area (Å²) in [4.78, 5) is 0. The van der Waals surface area contributed by atoms with E-state index in [9.17, 15) is 0 Å². The van der Waals surface area contributed by atoms with Crippen molar-refractivity contribution in [1.82, 2.24) is 0 Å². The second kappa shape index (κ2) is 10.2. The molecule has 0 atom stereocenters. The monoisotopic (exact) mass is 442 g/mol. The zero-order valence-corrected chi connectivity index (χ0v) is 22.1. The summed E-state index contributed by atoms with van der Waals surface area (Å²) in [7, 11) is 3.39. The molecular formula is C26H39AlO4. The molecule has 0 bridgehead atoms. The van der Waals surface area contributed by atoms with Crippen LogP contribution in [0.5, 0.6) is 23.0 Å². The lowest BCUT2D eigenvalue weighted by molar-refractivity contribution is 0.385. The van der Waals surface area contributed by atoms with Gasteiger partial charge in [-0.2, -0.15) is 0 Å². The van der Waals surface area contributed by atoms with Gasteiger partial charge in [0.05, 0.1) is 25.7 Å². The molecular weight excluding hydrogens is 403 g/mol. The lowest BCUT2D eigenvalue weighted by Gasteiger charge is -2.28. The minimum absolute atomic E-state index is 0.0721. The number of ether oxygens (including phenoxy) is 2. The fourth-order valence-corrected chi connectivity index (χ4v) is 5.43. The van der Waals surface area contributed by atoms with E-state index in [1.807, 2.05) is 24.3 Å². The van der Waals surface area contributed by atoms with Crippen molar-refractivity contribution in [2.75, 3.05) is 14.2 Å². The van der Waals surface area contributed by atoms with E-state index >= 15 is 0 Å². The number of rotatable bonds is 8. The van der Waals surface area contributed by atoms with Crippen LogP contribution in [-0.2, 0) is 10.8 Å². The molecule has 0 aromatic heterocycles. The van der Waals surface area contributed by atoms with E-state index in [2.05, 4.69) is 67.5 Å². The van der Waals surface area contributed by atoms with Crippen molar-refractivity contribution in [1.29, 1.82) is 0 Å². The second-order valence-electron chi connectivity index (χ2n) is 10.5. The summed E-state index contributed by atoms with van der Waals surface area (Å²) in [6, 6.07) is 12.1. The quantitative estimate of drug-likeness (QED) is 0.417. The highest BCUT2D eigenvalue weighted by Crippen LogP contribution is 2.37. The van der Waals surface area contributed by atoms with E-state index < -0.39 is 14.8 Å². The molecule has 2 aromatic carbocycles. The molecule has 2 aromatic rings. The molecule has 0 aliphatic carbocycles. The Balaban J connectivity index is 2.43. The van der Waals surface area contributed by atoms with Gasteiger partial charge in [-0.05, 0) is 63.6 Å². The Hall–Kier alpha value is -1.83. The van der Waals surface area contributed by atoms with Crippen molar-refractivity contribution >= 4 is 14.8 Å². The largest absolute Gasteiger partial charge is 0.857 e. The molecule has 170 valence electrons. The molecule has 4 nitrogen and oxygen atoms in total. The Morgan fingerprint density at radius 2 is 1.10 bits per heavy atom. The van der Waals surface area contributed by atoms with E-state index in [0.717, 1.165) is 39.4 Å². The van der Waals surface area contributed by atoms with Crippen LogP contribution in [0.25, 0.3) is 0 Å². The number of benzene rings is 2. The lowest BCUT2D eigenvalue weighted by Crippen LogP contribution is -2.33. The van der Waals surface area contributed by atoms with Crippen LogP contribution in [0.15, 0.2) is 36.4 Å². The first-order valence-electron chi connectivity index (χ1n) is 11.1. The zero-order valence-electron chi connectivity index (χ0n) is 21.0. The molecule has 0 amide bonds. The average Bonchev–Trinajstić information content (AvgIpc) is 2.66. The molecule has 0 radical (unpaired) electrons. The number of hydrogen-bond donors (Lipinski definition) is 0. The summed E-state index contributed by atoms with van der Waals surface area (Å²) >= 11 is -2.08. The minimum Gasteiger partial charge on any atom is -0.612 e. The van der Waals surface area contributed by atoms with Gasteiger partial charge in [-0.15, -0.1) is 0 Å². The van der Waals surface area contributed by atoms with Crippen LogP contribution in [0, 0.1) is 5.92 Å². The van der Waals surface area contributed by atoms with Crippen molar-refractivity contribution in [3.05, 3.63) is 47.5 Å². The molecule has 31 heavy (non-hydrogen) atoms. The third-order valence-corrected chi connectivity index (χ3v) is 7.53. The highest BCUT2D eigenvalue weighted by atomic mass is 27.2. The topological polar surface area (TPSA) is 36.9 Å². The molecule has 2 rings (SSSR count). The Kier molecular flexibility index (Phi) is 8.36. The molecule has 0 fully saturated rings. The first-order chi connectivity index (χ1) is 14.3.